The minimum atomic E-state index is 1.10. The van der Waals surface area contributed by atoms with Gasteiger partial charge in [-0.05, 0) is 43.9 Å². The third-order valence-electron chi connectivity index (χ3n) is 3.65. The lowest BCUT2D eigenvalue weighted by atomic mass is 10.0. The molecule has 100 valence electrons. The van der Waals surface area contributed by atoms with Crippen molar-refractivity contribution in [2.24, 2.45) is 0 Å². The van der Waals surface area contributed by atoms with Crippen molar-refractivity contribution in [3.8, 4) is 0 Å². The maximum atomic E-state index is 4.70. The molecule has 0 unspecified atom stereocenters. The van der Waals surface area contributed by atoms with E-state index in [2.05, 4.69) is 57.2 Å². The highest BCUT2D eigenvalue weighted by atomic mass is 14.7. The molecule has 1 aromatic heterocycles. The predicted molar refractivity (Wildman–Crippen MR) is 84.4 cm³/mol. The van der Waals surface area contributed by atoms with Gasteiger partial charge in [-0.15, -0.1) is 0 Å². The van der Waals surface area contributed by atoms with Crippen molar-refractivity contribution in [3.63, 3.8) is 0 Å². The molecule has 1 heteroatoms. The van der Waals surface area contributed by atoms with Crippen LogP contribution in [0.2, 0.25) is 0 Å². The van der Waals surface area contributed by atoms with Gasteiger partial charge in [-0.25, -0.2) is 0 Å². The molecule has 1 aromatic carbocycles. The van der Waals surface area contributed by atoms with Gasteiger partial charge >= 0.3 is 0 Å². The highest BCUT2D eigenvalue weighted by molar-refractivity contribution is 5.85. The number of nitrogens with zero attached hydrogens (tertiary/aromatic N) is 1. The summed E-state index contributed by atoms with van der Waals surface area (Å²) >= 11 is 0. The van der Waals surface area contributed by atoms with Gasteiger partial charge in [0, 0.05) is 11.1 Å². The van der Waals surface area contributed by atoms with Gasteiger partial charge in [0.05, 0.1) is 5.52 Å². The quantitative estimate of drug-likeness (QED) is 0.646. The third kappa shape index (κ3) is 3.23. The molecule has 0 spiro atoms. The summed E-state index contributed by atoms with van der Waals surface area (Å²) in [6.45, 7) is 6.54. The number of para-hydroxylation sites is 1. The molecular weight excluding hydrogens is 230 g/mol. The highest BCUT2D eigenvalue weighted by Crippen LogP contribution is 2.23. The molecule has 0 fully saturated rings. The second kappa shape index (κ2) is 6.51. The predicted octanol–water partition coefficient (Wildman–Crippen LogP) is 5.45. The summed E-state index contributed by atoms with van der Waals surface area (Å²) in [4.78, 5) is 4.70. The van der Waals surface area contributed by atoms with Gasteiger partial charge in [-0.3, -0.25) is 4.98 Å². The van der Waals surface area contributed by atoms with E-state index < -0.39 is 0 Å². The maximum Gasteiger partial charge on any atom is 0.0708 e. The van der Waals surface area contributed by atoms with Gasteiger partial charge in [-0.1, -0.05) is 50.1 Å². The van der Waals surface area contributed by atoms with Crippen molar-refractivity contribution in [1.82, 2.24) is 4.98 Å². The molecule has 0 N–H and O–H groups in total. The van der Waals surface area contributed by atoms with E-state index in [-0.39, 0.29) is 0 Å². The maximum absolute atomic E-state index is 4.70. The van der Waals surface area contributed by atoms with Gasteiger partial charge < -0.3 is 0 Å². The number of hydrogen-bond acceptors (Lipinski definition) is 1. The second-order valence-corrected chi connectivity index (χ2v) is 5.15. The van der Waals surface area contributed by atoms with Crippen LogP contribution >= 0.6 is 0 Å². The van der Waals surface area contributed by atoms with Gasteiger partial charge in [0.15, 0.2) is 0 Å². The number of aryl methyl sites for hydroxylation is 2. The van der Waals surface area contributed by atoms with Gasteiger partial charge in [0.2, 0.25) is 0 Å². The third-order valence-corrected chi connectivity index (χ3v) is 3.65. The second-order valence-electron chi connectivity index (χ2n) is 5.15. The summed E-state index contributed by atoms with van der Waals surface area (Å²) in [7, 11) is 0. The van der Waals surface area contributed by atoms with E-state index in [9.17, 15) is 0 Å². The lowest BCUT2D eigenvalue weighted by molar-refractivity contribution is 0.730. The molecule has 2 rings (SSSR count). The molecular formula is C18H23N. The Hall–Kier alpha value is -1.63. The Morgan fingerprint density at radius 2 is 1.89 bits per heavy atom. The molecule has 0 radical (unpaired) electrons. The fourth-order valence-electron chi connectivity index (χ4n) is 2.50. The Labute approximate surface area is 116 Å². The zero-order valence-electron chi connectivity index (χ0n) is 12.2. The summed E-state index contributed by atoms with van der Waals surface area (Å²) in [5.74, 6) is 0. The molecule has 0 aliphatic rings. The molecule has 0 atom stereocenters. The lowest BCUT2D eigenvalue weighted by Crippen LogP contribution is -1.93. The summed E-state index contributed by atoms with van der Waals surface area (Å²) in [5, 5.41) is 1.27. The Morgan fingerprint density at radius 1 is 1.11 bits per heavy atom. The highest BCUT2D eigenvalue weighted by Gasteiger charge is 2.05. The van der Waals surface area contributed by atoms with E-state index in [0.29, 0.717) is 0 Å². The van der Waals surface area contributed by atoms with E-state index in [1.54, 1.807) is 0 Å². The normalized spacial score (nSPS) is 11.5. The monoisotopic (exact) mass is 253 g/mol. The minimum Gasteiger partial charge on any atom is -0.252 e. The molecule has 2 aromatic rings. The summed E-state index contributed by atoms with van der Waals surface area (Å²) in [5.41, 5.74) is 4.86. The number of fused-ring (bicyclic) bond motifs is 1. The molecule has 1 nitrogen and oxygen atoms in total. The topological polar surface area (TPSA) is 12.9 Å². The van der Waals surface area contributed by atoms with Crippen LogP contribution < -0.4 is 0 Å². The van der Waals surface area contributed by atoms with Crippen molar-refractivity contribution in [2.45, 2.75) is 46.5 Å². The Bertz CT molecular complexity index is 582. The number of hydrogen-bond donors (Lipinski definition) is 0. The fraction of sp³-hybridized carbons (Fsp3) is 0.389. The van der Waals surface area contributed by atoms with E-state index >= 15 is 0 Å². The number of allylic oxidation sites excluding steroid dienone is 1. The average molecular weight is 253 g/mol. The largest absolute Gasteiger partial charge is 0.252 e. The first-order valence-corrected chi connectivity index (χ1v) is 7.26. The summed E-state index contributed by atoms with van der Waals surface area (Å²) in [6, 6.07) is 8.38. The number of benzene rings is 1. The van der Waals surface area contributed by atoms with E-state index in [1.807, 2.05) is 0 Å². The standard InChI is InChI=1S/C18H23N/c1-4-5-6-7-8-11-16-14(2)17-12-9-10-13-18(17)19-15(16)3/h8-13H,4-7H2,1-3H3/b11-8+. The number of rotatable bonds is 5. The molecule has 1 heterocycles. The van der Waals surface area contributed by atoms with E-state index in [1.165, 1.54) is 42.2 Å². The van der Waals surface area contributed by atoms with Crippen LogP contribution in [0.25, 0.3) is 17.0 Å². The molecule has 0 amide bonds. The van der Waals surface area contributed by atoms with Crippen molar-refractivity contribution < 1.29 is 0 Å². The van der Waals surface area contributed by atoms with Crippen LogP contribution in [0.15, 0.2) is 30.3 Å². The van der Waals surface area contributed by atoms with E-state index in [0.717, 1.165) is 11.2 Å². The van der Waals surface area contributed by atoms with Crippen LogP contribution in [0.3, 0.4) is 0 Å². The van der Waals surface area contributed by atoms with Gasteiger partial charge in [0.1, 0.15) is 0 Å². The van der Waals surface area contributed by atoms with Crippen LogP contribution in [0.1, 0.15) is 49.4 Å². The Morgan fingerprint density at radius 3 is 2.68 bits per heavy atom. The fourth-order valence-corrected chi connectivity index (χ4v) is 2.50. The zero-order chi connectivity index (χ0) is 13.7. The van der Waals surface area contributed by atoms with Gasteiger partial charge in [0.25, 0.3) is 0 Å². The number of pyridine rings is 1. The van der Waals surface area contributed by atoms with Crippen LogP contribution in [0, 0.1) is 13.8 Å². The summed E-state index contributed by atoms with van der Waals surface area (Å²) < 4.78 is 0. The van der Waals surface area contributed by atoms with Crippen molar-refractivity contribution in [3.05, 3.63) is 47.2 Å². The summed E-state index contributed by atoms with van der Waals surface area (Å²) in [6.07, 6.45) is 9.59. The first-order valence-electron chi connectivity index (χ1n) is 7.26. The van der Waals surface area contributed by atoms with Crippen LogP contribution in [-0.2, 0) is 0 Å². The number of unbranched alkanes of at least 4 members (excludes halogenated alkanes) is 3. The van der Waals surface area contributed by atoms with Crippen molar-refractivity contribution in [1.29, 1.82) is 0 Å². The molecule has 0 saturated carbocycles. The zero-order valence-corrected chi connectivity index (χ0v) is 12.2. The minimum absolute atomic E-state index is 1.10. The van der Waals surface area contributed by atoms with Crippen LogP contribution in [-0.4, -0.2) is 4.98 Å². The lowest BCUT2D eigenvalue weighted by Gasteiger charge is -2.09. The van der Waals surface area contributed by atoms with Crippen molar-refractivity contribution >= 4 is 17.0 Å². The number of aromatic nitrogens is 1. The Kier molecular flexibility index (Phi) is 4.73. The van der Waals surface area contributed by atoms with Crippen molar-refractivity contribution in [2.75, 3.05) is 0 Å². The van der Waals surface area contributed by atoms with Crippen LogP contribution in [0.5, 0.6) is 0 Å². The molecule has 0 saturated heterocycles. The Balaban J connectivity index is 2.27. The van der Waals surface area contributed by atoms with E-state index in [4.69, 9.17) is 4.98 Å². The smallest absolute Gasteiger partial charge is 0.0708 e. The molecule has 19 heavy (non-hydrogen) atoms. The molecule has 0 bridgehead atoms. The molecule has 0 aliphatic heterocycles. The SMILES string of the molecule is CCCCC/C=C/c1c(C)nc2ccccc2c1C. The van der Waals surface area contributed by atoms with Gasteiger partial charge in [-0.2, -0.15) is 0 Å². The first kappa shape index (κ1) is 13.8. The van der Waals surface area contributed by atoms with Crippen LogP contribution in [0.4, 0.5) is 0 Å². The molecule has 0 aliphatic carbocycles. The average Bonchev–Trinajstić information content (AvgIpc) is 2.42. The first-order chi connectivity index (χ1) is 9.24.